The molecule has 0 aromatic carbocycles. The summed E-state index contributed by atoms with van der Waals surface area (Å²) in [7, 11) is 0. The van der Waals surface area contributed by atoms with Gasteiger partial charge in [-0.3, -0.25) is 5.32 Å². The number of hydrogen-bond acceptors (Lipinski definition) is 5. The van der Waals surface area contributed by atoms with Gasteiger partial charge >= 0.3 is 0 Å². The first-order valence-electron chi connectivity index (χ1n) is 2.33. The van der Waals surface area contributed by atoms with Crippen LogP contribution in [0.4, 0.5) is 0 Å². The van der Waals surface area contributed by atoms with Gasteiger partial charge in [-0.05, 0) is 11.9 Å². The van der Waals surface area contributed by atoms with Crippen LogP contribution < -0.4 is 9.44 Å². The summed E-state index contributed by atoms with van der Waals surface area (Å²) in [5.41, 5.74) is 0. The Morgan fingerprint density at radius 1 is 1.88 bits per heavy atom. The number of rotatable bonds is 2. The molecule has 1 aliphatic rings. The SMILES string of the molecule is SNSC1NCCS1. The van der Waals surface area contributed by atoms with E-state index in [0.717, 1.165) is 6.54 Å². The quantitative estimate of drug-likeness (QED) is 0.417. The van der Waals surface area contributed by atoms with Crippen molar-refractivity contribution in [2.24, 2.45) is 0 Å². The van der Waals surface area contributed by atoms with Crippen LogP contribution in [0.25, 0.3) is 0 Å². The molecule has 2 nitrogen and oxygen atoms in total. The smallest absolute Gasteiger partial charge is 0.115 e. The van der Waals surface area contributed by atoms with E-state index in [1.165, 1.54) is 5.75 Å². The second kappa shape index (κ2) is 3.90. The van der Waals surface area contributed by atoms with Crippen molar-refractivity contribution in [1.29, 1.82) is 0 Å². The molecule has 0 aromatic heterocycles. The summed E-state index contributed by atoms with van der Waals surface area (Å²) in [6, 6.07) is 0. The van der Waals surface area contributed by atoms with Gasteiger partial charge in [-0.1, -0.05) is 12.8 Å². The average Bonchev–Trinajstić information content (AvgIpc) is 2.19. The zero-order valence-electron chi connectivity index (χ0n) is 4.26. The van der Waals surface area contributed by atoms with Gasteiger partial charge in [0.15, 0.2) is 0 Å². The lowest BCUT2D eigenvalue weighted by Gasteiger charge is -2.04. The van der Waals surface area contributed by atoms with Gasteiger partial charge in [-0.2, -0.15) is 0 Å². The average molecular weight is 168 g/mol. The fourth-order valence-corrected chi connectivity index (χ4v) is 2.74. The molecule has 1 fully saturated rings. The maximum atomic E-state index is 3.86. The molecule has 0 bridgehead atoms. The maximum Gasteiger partial charge on any atom is 0.115 e. The lowest BCUT2D eigenvalue weighted by Crippen LogP contribution is -2.17. The van der Waals surface area contributed by atoms with E-state index in [0.29, 0.717) is 4.71 Å². The molecular formula is C3H8N2S3. The van der Waals surface area contributed by atoms with Crippen LogP contribution in [0.2, 0.25) is 0 Å². The van der Waals surface area contributed by atoms with Gasteiger partial charge in [-0.15, -0.1) is 11.8 Å². The van der Waals surface area contributed by atoms with Crippen molar-refractivity contribution in [3.63, 3.8) is 0 Å². The summed E-state index contributed by atoms with van der Waals surface area (Å²) < 4.78 is 3.24. The van der Waals surface area contributed by atoms with Crippen LogP contribution in [-0.4, -0.2) is 17.0 Å². The van der Waals surface area contributed by atoms with Gasteiger partial charge < -0.3 is 0 Å². The molecule has 0 aliphatic carbocycles. The largest absolute Gasteiger partial charge is 0.295 e. The molecule has 0 amide bonds. The van der Waals surface area contributed by atoms with Crippen LogP contribution in [-0.2, 0) is 0 Å². The highest BCUT2D eigenvalue weighted by Crippen LogP contribution is 2.22. The molecule has 5 heteroatoms. The van der Waals surface area contributed by atoms with Crippen molar-refractivity contribution >= 4 is 36.5 Å². The number of thioether (sulfide) groups is 1. The minimum Gasteiger partial charge on any atom is -0.295 e. The van der Waals surface area contributed by atoms with Gasteiger partial charge in [0.1, 0.15) is 4.71 Å². The Hall–Kier alpha value is 0.970. The van der Waals surface area contributed by atoms with Crippen molar-refractivity contribution in [3.8, 4) is 0 Å². The number of nitrogens with one attached hydrogen (secondary N) is 2. The third-order valence-electron chi connectivity index (χ3n) is 0.842. The molecule has 0 aromatic rings. The Balaban J connectivity index is 2.06. The topological polar surface area (TPSA) is 24.1 Å². The van der Waals surface area contributed by atoms with Gasteiger partial charge in [0, 0.05) is 12.3 Å². The molecule has 1 atom stereocenters. The van der Waals surface area contributed by atoms with Crippen LogP contribution in [0.3, 0.4) is 0 Å². The fraction of sp³-hybridized carbons (Fsp3) is 1.00. The standard InChI is InChI=1S/C3H8N2S3/c6-5-8-3-4-1-2-7-3/h3-6H,1-2H2. The molecule has 0 saturated carbocycles. The summed E-state index contributed by atoms with van der Waals surface area (Å²) in [5.74, 6) is 1.22. The van der Waals surface area contributed by atoms with Crippen LogP contribution in [0.5, 0.6) is 0 Å². The van der Waals surface area contributed by atoms with Gasteiger partial charge in [0.05, 0.1) is 0 Å². The summed E-state index contributed by atoms with van der Waals surface area (Å²) in [6.45, 7) is 1.12. The third kappa shape index (κ3) is 2.06. The van der Waals surface area contributed by atoms with Crippen molar-refractivity contribution in [2.75, 3.05) is 12.3 Å². The summed E-state index contributed by atoms with van der Waals surface area (Å²) in [4.78, 5) is 0. The second-order valence-corrected chi connectivity index (χ2v) is 4.31. The second-order valence-electron chi connectivity index (χ2n) is 1.37. The van der Waals surface area contributed by atoms with E-state index in [1.54, 1.807) is 11.9 Å². The van der Waals surface area contributed by atoms with E-state index in [9.17, 15) is 0 Å². The Morgan fingerprint density at radius 2 is 2.75 bits per heavy atom. The predicted molar refractivity (Wildman–Crippen MR) is 44.0 cm³/mol. The van der Waals surface area contributed by atoms with Crippen molar-refractivity contribution in [1.82, 2.24) is 9.44 Å². The Bertz CT molecular complexity index is 63.5. The molecule has 2 N–H and O–H groups in total. The highest BCUT2D eigenvalue weighted by molar-refractivity contribution is 8.19. The lowest BCUT2D eigenvalue weighted by molar-refractivity contribution is 0.853. The summed E-state index contributed by atoms with van der Waals surface area (Å²) >= 11 is 7.37. The van der Waals surface area contributed by atoms with E-state index < -0.39 is 0 Å². The molecule has 8 heavy (non-hydrogen) atoms. The van der Waals surface area contributed by atoms with E-state index in [4.69, 9.17) is 0 Å². The van der Waals surface area contributed by atoms with E-state index in [2.05, 4.69) is 22.3 Å². The molecule has 1 saturated heterocycles. The van der Waals surface area contributed by atoms with Crippen LogP contribution in [0.15, 0.2) is 0 Å². The third-order valence-corrected chi connectivity index (χ3v) is 3.25. The first kappa shape index (κ1) is 7.08. The van der Waals surface area contributed by atoms with Crippen molar-refractivity contribution in [3.05, 3.63) is 0 Å². The van der Waals surface area contributed by atoms with Gasteiger partial charge in [-0.25, -0.2) is 4.13 Å². The first-order valence-corrected chi connectivity index (χ1v) is 4.71. The Morgan fingerprint density at radius 3 is 3.25 bits per heavy atom. The fourth-order valence-electron chi connectivity index (χ4n) is 0.525. The first-order chi connectivity index (χ1) is 3.93. The summed E-state index contributed by atoms with van der Waals surface area (Å²) in [6.07, 6.45) is 0. The molecule has 1 unspecified atom stereocenters. The predicted octanol–water partition coefficient (Wildman–Crippen LogP) is 0.689. The Kier molecular flexibility index (Phi) is 3.45. The molecule has 1 aliphatic heterocycles. The highest BCUT2D eigenvalue weighted by Gasteiger charge is 2.13. The molecule has 0 spiro atoms. The lowest BCUT2D eigenvalue weighted by atomic mass is 10.8. The number of thiol groups is 1. The molecule has 48 valence electrons. The van der Waals surface area contributed by atoms with E-state index >= 15 is 0 Å². The highest BCUT2D eigenvalue weighted by atomic mass is 32.2. The maximum absolute atomic E-state index is 3.86. The van der Waals surface area contributed by atoms with Crippen LogP contribution in [0, 0.1) is 0 Å². The van der Waals surface area contributed by atoms with Crippen molar-refractivity contribution < 1.29 is 0 Å². The molecule has 0 radical (unpaired) electrons. The van der Waals surface area contributed by atoms with Crippen LogP contribution >= 0.6 is 36.5 Å². The summed E-state index contributed by atoms with van der Waals surface area (Å²) in [5, 5.41) is 3.27. The zero-order valence-corrected chi connectivity index (χ0v) is 6.78. The molecule has 1 rings (SSSR count). The minimum atomic E-state index is 0.507. The minimum absolute atomic E-state index is 0.507. The van der Waals surface area contributed by atoms with Gasteiger partial charge in [0.25, 0.3) is 0 Å². The molecule has 1 heterocycles. The van der Waals surface area contributed by atoms with Gasteiger partial charge in [0.2, 0.25) is 0 Å². The van der Waals surface area contributed by atoms with E-state index in [-0.39, 0.29) is 0 Å². The Labute approximate surface area is 63.2 Å². The normalized spacial score (nSPS) is 28.9. The number of hydrogen-bond donors (Lipinski definition) is 3. The van der Waals surface area contributed by atoms with Crippen LogP contribution in [0.1, 0.15) is 0 Å². The zero-order chi connectivity index (χ0) is 5.82. The molecular weight excluding hydrogens is 160 g/mol. The van der Waals surface area contributed by atoms with E-state index in [1.807, 2.05) is 11.8 Å². The monoisotopic (exact) mass is 168 g/mol. The van der Waals surface area contributed by atoms with Crippen molar-refractivity contribution in [2.45, 2.75) is 4.71 Å².